The molecule has 2 atom stereocenters. The van der Waals surface area contributed by atoms with E-state index in [-0.39, 0.29) is 30.8 Å². The highest BCUT2D eigenvalue weighted by atomic mass is 16.2. The molecule has 2 aromatic carbocycles. The first-order chi connectivity index (χ1) is 13.4. The van der Waals surface area contributed by atoms with E-state index in [0.29, 0.717) is 11.4 Å². The molecule has 3 rings (SSSR count). The van der Waals surface area contributed by atoms with Crippen molar-refractivity contribution in [2.45, 2.75) is 25.4 Å². The van der Waals surface area contributed by atoms with Gasteiger partial charge in [-0.15, -0.1) is 0 Å². The van der Waals surface area contributed by atoms with Gasteiger partial charge in [0.1, 0.15) is 6.04 Å². The Morgan fingerprint density at radius 2 is 1.82 bits per heavy atom. The quantitative estimate of drug-likeness (QED) is 0.828. The molecule has 146 valence electrons. The summed E-state index contributed by atoms with van der Waals surface area (Å²) in [4.78, 5) is 40.6. The Bertz CT molecular complexity index is 884. The van der Waals surface area contributed by atoms with Crippen molar-refractivity contribution in [1.29, 1.82) is 0 Å². The number of hydrogen-bond acceptors (Lipinski definition) is 4. The Morgan fingerprint density at radius 3 is 2.50 bits per heavy atom. The minimum Gasteiger partial charge on any atom is -0.368 e. The van der Waals surface area contributed by atoms with Crippen molar-refractivity contribution < 1.29 is 14.4 Å². The largest absolute Gasteiger partial charge is 0.368 e. The van der Waals surface area contributed by atoms with E-state index in [4.69, 9.17) is 5.73 Å². The highest BCUT2D eigenvalue weighted by Crippen LogP contribution is 2.31. The summed E-state index contributed by atoms with van der Waals surface area (Å²) >= 11 is 0. The topological polar surface area (TPSA) is 95.7 Å². The van der Waals surface area contributed by atoms with Crippen molar-refractivity contribution in [1.82, 2.24) is 4.90 Å². The van der Waals surface area contributed by atoms with E-state index >= 15 is 0 Å². The van der Waals surface area contributed by atoms with Crippen LogP contribution in [0.2, 0.25) is 0 Å². The molecule has 0 spiro atoms. The van der Waals surface area contributed by atoms with Crippen LogP contribution in [-0.4, -0.2) is 42.3 Å². The number of anilines is 2. The van der Waals surface area contributed by atoms with Gasteiger partial charge in [0.15, 0.2) is 0 Å². The van der Waals surface area contributed by atoms with Gasteiger partial charge in [-0.25, -0.2) is 0 Å². The SMILES string of the molecule is C[C@H]1CC(=O)Nc2ccccc2N1C(=O)CN(C)[C@H](C(N)=O)c1ccccc1. The van der Waals surface area contributed by atoms with Crippen LogP contribution in [0.5, 0.6) is 0 Å². The van der Waals surface area contributed by atoms with Crippen LogP contribution in [0, 0.1) is 0 Å². The maximum absolute atomic E-state index is 13.2. The Balaban J connectivity index is 1.87. The Hall–Kier alpha value is -3.19. The number of hydrogen-bond donors (Lipinski definition) is 2. The zero-order chi connectivity index (χ0) is 20.3. The number of nitrogens with two attached hydrogens (primary N) is 1. The fourth-order valence-electron chi connectivity index (χ4n) is 3.62. The zero-order valence-corrected chi connectivity index (χ0v) is 16.0. The maximum atomic E-state index is 13.2. The molecule has 7 nitrogen and oxygen atoms in total. The highest BCUT2D eigenvalue weighted by molar-refractivity contribution is 6.05. The number of nitrogens with zero attached hydrogens (tertiary/aromatic N) is 2. The fraction of sp³-hybridized carbons (Fsp3) is 0.286. The lowest BCUT2D eigenvalue weighted by atomic mass is 10.0. The van der Waals surface area contributed by atoms with Gasteiger partial charge in [0, 0.05) is 12.5 Å². The number of fused-ring (bicyclic) bond motifs is 1. The number of carbonyl (C=O) groups is 3. The third-order valence-corrected chi connectivity index (χ3v) is 4.84. The molecule has 0 saturated carbocycles. The van der Waals surface area contributed by atoms with Crippen LogP contribution in [0.15, 0.2) is 54.6 Å². The highest BCUT2D eigenvalue weighted by Gasteiger charge is 2.32. The molecule has 0 aromatic heterocycles. The van der Waals surface area contributed by atoms with Crippen LogP contribution < -0.4 is 16.0 Å². The van der Waals surface area contributed by atoms with Crippen LogP contribution in [0.25, 0.3) is 0 Å². The summed E-state index contributed by atoms with van der Waals surface area (Å²) in [7, 11) is 1.69. The van der Waals surface area contributed by atoms with Crippen molar-refractivity contribution in [3.05, 3.63) is 60.2 Å². The summed E-state index contributed by atoms with van der Waals surface area (Å²) in [6.45, 7) is 1.82. The molecule has 3 N–H and O–H groups in total. The molecule has 0 aliphatic carbocycles. The molecule has 28 heavy (non-hydrogen) atoms. The molecule has 0 saturated heterocycles. The third-order valence-electron chi connectivity index (χ3n) is 4.84. The summed E-state index contributed by atoms with van der Waals surface area (Å²) in [5, 5.41) is 2.84. The van der Waals surface area contributed by atoms with E-state index in [0.717, 1.165) is 5.56 Å². The minimum atomic E-state index is -0.720. The maximum Gasteiger partial charge on any atom is 0.241 e. The number of carbonyl (C=O) groups excluding carboxylic acids is 3. The van der Waals surface area contributed by atoms with Crippen LogP contribution in [0.3, 0.4) is 0 Å². The van der Waals surface area contributed by atoms with Crippen molar-refractivity contribution in [2.24, 2.45) is 5.73 Å². The van der Waals surface area contributed by atoms with Gasteiger partial charge in [0.05, 0.1) is 17.9 Å². The molecule has 1 aliphatic heterocycles. The second kappa shape index (κ2) is 8.22. The first-order valence-corrected chi connectivity index (χ1v) is 9.14. The minimum absolute atomic E-state index is 0.0185. The van der Waals surface area contributed by atoms with Crippen molar-refractivity contribution in [3.63, 3.8) is 0 Å². The Morgan fingerprint density at radius 1 is 1.18 bits per heavy atom. The predicted molar refractivity (Wildman–Crippen MR) is 108 cm³/mol. The molecule has 0 radical (unpaired) electrons. The van der Waals surface area contributed by atoms with Crippen molar-refractivity contribution >= 4 is 29.1 Å². The number of nitrogens with one attached hydrogen (secondary N) is 1. The number of likely N-dealkylation sites (N-methyl/N-ethyl adjacent to an activating group) is 1. The predicted octanol–water partition coefficient (Wildman–Crippen LogP) is 1.91. The van der Waals surface area contributed by atoms with Gasteiger partial charge < -0.3 is 16.0 Å². The third kappa shape index (κ3) is 4.04. The fourth-order valence-corrected chi connectivity index (χ4v) is 3.62. The summed E-state index contributed by atoms with van der Waals surface area (Å²) in [5.74, 6) is -0.869. The molecule has 3 amide bonds. The van der Waals surface area contributed by atoms with E-state index in [1.807, 2.05) is 49.4 Å². The van der Waals surface area contributed by atoms with E-state index in [1.54, 1.807) is 29.0 Å². The van der Waals surface area contributed by atoms with Gasteiger partial charge >= 0.3 is 0 Å². The number of amides is 3. The van der Waals surface area contributed by atoms with E-state index in [1.165, 1.54) is 0 Å². The van der Waals surface area contributed by atoms with Crippen LogP contribution in [0.4, 0.5) is 11.4 Å². The van der Waals surface area contributed by atoms with E-state index in [9.17, 15) is 14.4 Å². The van der Waals surface area contributed by atoms with Crippen LogP contribution >= 0.6 is 0 Å². The zero-order valence-electron chi connectivity index (χ0n) is 16.0. The average Bonchev–Trinajstić information content (AvgIpc) is 2.76. The first-order valence-electron chi connectivity index (χ1n) is 9.14. The first kappa shape index (κ1) is 19.6. The molecule has 0 unspecified atom stereocenters. The molecular weight excluding hydrogens is 356 g/mol. The normalized spacial score (nSPS) is 17.5. The second-order valence-corrected chi connectivity index (χ2v) is 7.01. The summed E-state index contributed by atoms with van der Waals surface area (Å²) in [6, 6.07) is 15.3. The van der Waals surface area contributed by atoms with Gasteiger partial charge in [-0.2, -0.15) is 0 Å². The molecule has 0 fully saturated rings. The van der Waals surface area contributed by atoms with Gasteiger partial charge in [0.25, 0.3) is 0 Å². The van der Waals surface area contributed by atoms with Gasteiger partial charge in [-0.3, -0.25) is 19.3 Å². The van der Waals surface area contributed by atoms with E-state index in [2.05, 4.69) is 5.32 Å². The standard InChI is InChI=1S/C21H24N4O3/c1-14-12-18(26)23-16-10-6-7-11-17(16)25(14)19(27)13-24(2)20(21(22)28)15-8-4-3-5-9-15/h3-11,14,20H,12-13H2,1-2H3,(H2,22,28)(H,23,26)/t14-,20-/m0/s1. The Kier molecular flexibility index (Phi) is 5.75. The lowest BCUT2D eigenvalue weighted by molar-refractivity contribution is -0.125. The molecular formula is C21H24N4O3. The summed E-state index contributed by atoms with van der Waals surface area (Å²) in [5.41, 5.74) is 7.59. The Labute approximate surface area is 164 Å². The lowest BCUT2D eigenvalue weighted by Crippen LogP contribution is -2.46. The molecule has 1 aliphatic rings. The molecule has 0 bridgehead atoms. The number of benzene rings is 2. The monoisotopic (exact) mass is 380 g/mol. The number of rotatable bonds is 5. The summed E-state index contributed by atoms with van der Waals surface area (Å²) < 4.78 is 0. The van der Waals surface area contributed by atoms with Crippen LogP contribution in [-0.2, 0) is 14.4 Å². The molecule has 2 aromatic rings. The smallest absolute Gasteiger partial charge is 0.241 e. The van der Waals surface area contributed by atoms with Gasteiger partial charge in [-0.05, 0) is 31.7 Å². The van der Waals surface area contributed by atoms with Gasteiger partial charge in [-0.1, -0.05) is 42.5 Å². The molecule has 1 heterocycles. The van der Waals surface area contributed by atoms with E-state index < -0.39 is 11.9 Å². The number of para-hydroxylation sites is 2. The average molecular weight is 380 g/mol. The van der Waals surface area contributed by atoms with Crippen molar-refractivity contribution in [2.75, 3.05) is 23.8 Å². The van der Waals surface area contributed by atoms with Crippen molar-refractivity contribution in [3.8, 4) is 0 Å². The lowest BCUT2D eigenvalue weighted by Gasteiger charge is -2.31. The second-order valence-electron chi connectivity index (χ2n) is 7.01. The van der Waals surface area contributed by atoms with Crippen LogP contribution in [0.1, 0.15) is 24.9 Å². The van der Waals surface area contributed by atoms with Gasteiger partial charge in [0.2, 0.25) is 17.7 Å². The number of primary amides is 1. The molecule has 7 heteroatoms. The summed E-state index contributed by atoms with van der Waals surface area (Å²) in [6.07, 6.45) is 0.196.